The van der Waals surface area contributed by atoms with Crippen LogP contribution in [0.2, 0.25) is 0 Å². The molecule has 0 atom stereocenters. The van der Waals surface area contributed by atoms with E-state index < -0.39 is 0 Å². The number of benzene rings is 2. The lowest BCUT2D eigenvalue weighted by atomic mass is 10.0. The third kappa shape index (κ3) is 4.64. The topological polar surface area (TPSA) is 64.3 Å². The Hall–Kier alpha value is -3.34. The number of aliphatic hydroxyl groups is 1. The van der Waals surface area contributed by atoms with E-state index in [0.29, 0.717) is 30.6 Å². The molecule has 5 nitrogen and oxygen atoms in total. The van der Waals surface area contributed by atoms with E-state index in [2.05, 4.69) is 11.6 Å². The fraction of sp³-hybridized carbons (Fsp3) is 0.182. The van der Waals surface area contributed by atoms with Crippen molar-refractivity contribution in [3.63, 3.8) is 0 Å². The molecule has 0 aliphatic rings. The van der Waals surface area contributed by atoms with E-state index in [1.54, 1.807) is 18.6 Å². The summed E-state index contributed by atoms with van der Waals surface area (Å²) in [5.41, 5.74) is 3.11. The summed E-state index contributed by atoms with van der Waals surface area (Å²) < 4.78 is 7.60. The van der Waals surface area contributed by atoms with Gasteiger partial charge in [0.25, 0.3) is 0 Å². The summed E-state index contributed by atoms with van der Waals surface area (Å²) >= 11 is 0. The summed E-state index contributed by atoms with van der Waals surface area (Å²) in [5.74, 6) is 0.874. The highest BCUT2D eigenvalue weighted by Gasteiger charge is 2.11. The van der Waals surface area contributed by atoms with Gasteiger partial charge in [0.1, 0.15) is 5.75 Å². The quantitative estimate of drug-likeness (QED) is 0.360. The molecule has 0 saturated carbocycles. The number of carbonyl (C=O) groups is 1. The van der Waals surface area contributed by atoms with Crippen LogP contribution < -0.4 is 4.74 Å². The smallest absolute Gasteiger partial charge is 0.193 e. The second-order valence-electron chi connectivity index (χ2n) is 6.34. The molecule has 1 heterocycles. The highest BCUT2D eigenvalue weighted by atomic mass is 16.5. The van der Waals surface area contributed by atoms with Crippen LogP contribution in [0.1, 0.15) is 34.3 Å². The largest absolute Gasteiger partial charge is 0.513 e. The third-order valence-corrected chi connectivity index (χ3v) is 4.24. The standard InChI is InChI=1S/C22H22N2O3/c1-16-14-19(7-10-21(16)27-13-3-4-17(2)25)22(26)18-5-8-20(9-6-18)24-12-11-23-15-24/h5-12,14-15,25H,2-4,13H2,1H3. The minimum Gasteiger partial charge on any atom is -0.513 e. The van der Waals surface area contributed by atoms with Crippen molar-refractivity contribution in [2.24, 2.45) is 0 Å². The maximum atomic E-state index is 12.7. The first-order valence-corrected chi connectivity index (χ1v) is 8.78. The van der Waals surface area contributed by atoms with E-state index >= 15 is 0 Å². The lowest BCUT2D eigenvalue weighted by molar-refractivity contribution is 0.103. The number of nitrogens with zero attached hydrogens (tertiary/aromatic N) is 2. The number of imidazole rings is 1. The number of ether oxygens (including phenoxy) is 1. The minimum atomic E-state index is -0.0292. The van der Waals surface area contributed by atoms with Crippen molar-refractivity contribution in [1.82, 2.24) is 9.55 Å². The first-order chi connectivity index (χ1) is 13.0. The molecule has 1 N–H and O–H groups in total. The van der Waals surface area contributed by atoms with Gasteiger partial charge >= 0.3 is 0 Å². The zero-order chi connectivity index (χ0) is 19.2. The van der Waals surface area contributed by atoms with Crippen LogP contribution in [0.25, 0.3) is 5.69 Å². The molecular formula is C22H22N2O3. The lowest BCUT2D eigenvalue weighted by Crippen LogP contribution is -2.04. The van der Waals surface area contributed by atoms with Gasteiger partial charge in [0.15, 0.2) is 5.78 Å². The summed E-state index contributed by atoms with van der Waals surface area (Å²) in [6.45, 7) is 5.86. The molecule has 0 aliphatic heterocycles. The molecule has 0 bridgehead atoms. The summed E-state index contributed by atoms with van der Waals surface area (Å²) in [6.07, 6.45) is 6.50. The van der Waals surface area contributed by atoms with Crippen LogP contribution >= 0.6 is 0 Å². The average Bonchev–Trinajstić information content (AvgIpc) is 3.20. The molecular weight excluding hydrogens is 340 g/mol. The summed E-state index contributed by atoms with van der Waals surface area (Å²) in [4.78, 5) is 16.8. The van der Waals surface area contributed by atoms with Gasteiger partial charge in [-0.1, -0.05) is 6.58 Å². The van der Waals surface area contributed by atoms with Crippen LogP contribution in [-0.4, -0.2) is 27.0 Å². The predicted octanol–water partition coefficient (Wildman–Crippen LogP) is 4.64. The predicted molar refractivity (Wildman–Crippen MR) is 105 cm³/mol. The first-order valence-electron chi connectivity index (χ1n) is 8.78. The van der Waals surface area contributed by atoms with Crippen LogP contribution in [0, 0.1) is 6.92 Å². The lowest BCUT2D eigenvalue weighted by Gasteiger charge is -2.11. The van der Waals surface area contributed by atoms with Crippen LogP contribution in [0.15, 0.2) is 73.5 Å². The molecule has 3 rings (SSSR count). The Morgan fingerprint density at radius 2 is 1.93 bits per heavy atom. The first kappa shape index (κ1) is 18.5. The zero-order valence-corrected chi connectivity index (χ0v) is 15.3. The molecule has 27 heavy (non-hydrogen) atoms. The molecule has 138 valence electrons. The molecule has 1 aromatic heterocycles. The van der Waals surface area contributed by atoms with Crippen LogP contribution in [0.5, 0.6) is 5.75 Å². The van der Waals surface area contributed by atoms with Crippen molar-refractivity contribution in [2.45, 2.75) is 19.8 Å². The van der Waals surface area contributed by atoms with Crippen LogP contribution in [0.4, 0.5) is 0 Å². The molecule has 2 aromatic carbocycles. The number of hydrogen-bond acceptors (Lipinski definition) is 4. The van der Waals surface area contributed by atoms with E-state index in [1.165, 1.54) is 0 Å². The Morgan fingerprint density at radius 1 is 1.19 bits per heavy atom. The van der Waals surface area contributed by atoms with Crippen molar-refractivity contribution in [3.8, 4) is 11.4 Å². The van der Waals surface area contributed by atoms with Crippen molar-refractivity contribution in [3.05, 3.63) is 90.2 Å². The Bertz CT molecular complexity index is 929. The average molecular weight is 362 g/mol. The summed E-state index contributed by atoms with van der Waals surface area (Å²) in [7, 11) is 0. The highest BCUT2D eigenvalue weighted by molar-refractivity contribution is 6.09. The molecule has 5 heteroatoms. The molecule has 0 unspecified atom stereocenters. The maximum Gasteiger partial charge on any atom is 0.193 e. The van der Waals surface area contributed by atoms with Gasteiger partial charge in [-0.05, 0) is 61.4 Å². The molecule has 0 saturated heterocycles. The third-order valence-electron chi connectivity index (χ3n) is 4.24. The Labute approximate surface area is 158 Å². The molecule has 0 spiro atoms. The van der Waals surface area contributed by atoms with Gasteiger partial charge in [-0.3, -0.25) is 4.79 Å². The van der Waals surface area contributed by atoms with Gasteiger partial charge < -0.3 is 14.4 Å². The van der Waals surface area contributed by atoms with E-state index in [0.717, 1.165) is 17.0 Å². The number of allylic oxidation sites excluding steroid dienone is 1. The number of rotatable bonds is 8. The van der Waals surface area contributed by atoms with E-state index in [9.17, 15) is 4.79 Å². The normalized spacial score (nSPS) is 10.6. The zero-order valence-electron chi connectivity index (χ0n) is 15.3. The van der Waals surface area contributed by atoms with Crippen molar-refractivity contribution < 1.29 is 14.6 Å². The molecule has 0 fully saturated rings. The highest BCUT2D eigenvalue weighted by Crippen LogP contribution is 2.22. The second-order valence-corrected chi connectivity index (χ2v) is 6.34. The van der Waals surface area contributed by atoms with Crippen molar-refractivity contribution >= 4 is 5.78 Å². The van der Waals surface area contributed by atoms with Gasteiger partial charge in [-0.15, -0.1) is 0 Å². The minimum absolute atomic E-state index is 0.0292. The SMILES string of the molecule is C=C(O)CCCOc1ccc(C(=O)c2ccc(-n3ccnc3)cc2)cc1C. The van der Waals surface area contributed by atoms with Crippen LogP contribution in [0.3, 0.4) is 0 Å². The van der Waals surface area contributed by atoms with E-state index in [1.807, 2.05) is 54.1 Å². The van der Waals surface area contributed by atoms with Gasteiger partial charge in [0, 0.05) is 35.6 Å². The van der Waals surface area contributed by atoms with Gasteiger partial charge in [0.05, 0.1) is 18.7 Å². The number of hydrogen-bond donors (Lipinski definition) is 1. The number of aromatic nitrogens is 2. The van der Waals surface area contributed by atoms with Gasteiger partial charge in [-0.25, -0.2) is 4.98 Å². The van der Waals surface area contributed by atoms with Crippen molar-refractivity contribution in [2.75, 3.05) is 6.61 Å². The fourth-order valence-corrected chi connectivity index (χ4v) is 2.77. The number of aliphatic hydroxyl groups excluding tert-OH is 1. The maximum absolute atomic E-state index is 12.7. The molecule has 0 amide bonds. The fourth-order valence-electron chi connectivity index (χ4n) is 2.77. The van der Waals surface area contributed by atoms with E-state index in [-0.39, 0.29) is 11.5 Å². The second kappa shape index (κ2) is 8.36. The Kier molecular flexibility index (Phi) is 5.71. The van der Waals surface area contributed by atoms with Crippen LogP contribution in [-0.2, 0) is 0 Å². The number of ketones is 1. The van der Waals surface area contributed by atoms with Gasteiger partial charge in [-0.2, -0.15) is 0 Å². The number of aryl methyl sites for hydroxylation is 1. The van der Waals surface area contributed by atoms with E-state index in [4.69, 9.17) is 9.84 Å². The molecule has 0 aliphatic carbocycles. The molecule has 3 aromatic rings. The monoisotopic (exact) mass is 362 g/mol. The Morgan fingerprint density at radius 3 is 2.56 bits per heavy atom. The van der Waals surface area contributed by atoms with Gasteiger partial charge in [0.2, 0.25) is 0 Å². The summed E-state index contributed by atoms with van der Waals surface area (Å²) in [6, 6.07) is 12.9. The number of carbonyl (C=O) groups excluding carboxylic acids is 1. The Balaban J connectivity index is 1.68. The molecule has 0 radical (unpaired) electrons. The summed E-state index contributed by atoms with van der Waals surface area (Å²) in [5, 5.41) is 9.09. The van der Waals surface area contributed by atoms with Crippen molar-refractivity contribution in [1.29, 1.82) is 0 Å².